The summed E-state index contributed by atoms with van der Waals surface area (Å²) >= 11 is 0. The fourth-order valence-corrected chi connectivity index (χ4v) is 6.15. The molecule has 2 atom stereocenters. The Morgan fingerprint density at radius 3 is 2.48 bits per heavy atom. The molecule has 0 radical (unpaired) electrons. The highest BCUT2D eigenvalue weighted by Crippen LogP contribution is 2.30. The summed E-state index contributed by atoms with van der Waals surface area (Å²) in [5.74, 6) is -3.01. The zero-order valence-electron chi connectivity index (χ0n) is 26.0. The number of rotatable bonds is 12. The van der Waals surface area contributed by atoms with E-state index < -0.39 is 35.8 Å². The Kier molecular flexibility index (Phi) is 8.89. The predicted octanol–water partition coefficient (Wildman–Crippen LogP) is 4.00. The highest BCUT2D eigenvalue weighted by atomic mass is 16.4. The number of benzene rings is 4. The Morgan fingerprint density at radius 1 is 0.958 bits per heavy atom. The van der Waals surface area contributed by atoms with E-state index in [-0.39, 0.29) is 31.4 Å². The Labute approximate surface area is 274 Å². The minimum Gasteiger partial charge on any atom is -0.481 e. The average molecular weight is 648 g/mol. The highest BCUT2D eigenvalue weighted by Gasteiger charge is 2.38. The summed E-state index contributed by atoms with van der Waals surface area (Å²) < 4.78 is 0. The van der Waals surface area contributed by atoms with Crippen LogP contribution in [0.15, 0.2) is 83.7 Å². The molecule has 1 aliphatic heterocycles. The zero-order valence-corrected chi connectivity index (χ0v) is 26.0. The third-order valence-electron chi connectivity index (χ3n) is 8.52. The molecule has 5 N–H and O–H groups in total. The first-order valence-electron chi connectivity index (χ1n) is 15.5. The lowest BCUT2D eigenvalue weighted by Gasteiger charge is -2.28. The van der Waals surface area contributed by atoms with E-state index >= 15 is 0 Å². The van der Waals surface area contributed by atoms with Gasteiger partial charge in [-0.2, -0.15) is 0 Å². The van der Waals surface area contributed by atoms with Gasteiger partial charge in [0.05, 0.1) is 10.9 Å². The summed E-state index contributed by atoms with van der Waals surface area (Å²) in [4.78, 5) is 71.8. The number of nitrogens with one attached hydrogen (secondary N) is 3. The SMILES string of the molecule is Cc1nc2ccc3ccc(CNc4ccc5c(c4)CN([C@@H](CCC(=O)O)C(=O)N[C@@H](Cc4ccccc4)C(=O)O)C5=O)cc3c2c(=O)[nH]1. The number of carboxylic acid groups (broad SMARTS) is 2. The number of carbonyl (C=O) groups is 4. The van der Waals surface area contributed by atoms with Crippen molar-refractivity contribution in [3.8, 4) is 0 Å². The smallest absolute Gasteiger partial charge is 0.326 e. The van der Waals surface area contributed by atoms with E-state index in [0.717, 1.165) is 22.0 Å². The van der Waals surface area contributed by atoms with E-state index in [1.165, 1.54) is 4.90 Å². The molecule has 12 nitrogen and oxygen atoms in total. The number of carbonyl (C=O) groups excluding carboxylic acids is 2. The molecule has 0 bridgehead atoms. The van der Waals surface area contributed by atoms with Crippen LogP contribution in [0, 0.1) is 6.92 Å². The van der Waals surface area contributed by atoms with Crippen molar-refractivity contribution < 1.29 is 29.4 Å². The Hall–Kier alpha value is -6.04. The van der Waals surface area contributed by atoms with E-state index in [1.807, 2.05) is 36.4 Å². The van der Waals surface area contributed by atoms with Crippen molar-refractivity contribution in [3.63, 3.8) is 0 Å². The molecule has 0 saturated heterocycles. The third-order valence-corrected chi connectivity index (χ3v) is 8.52. The van der Waals surface area contributed by atoms with Gasteiger partial charge >= 0.3 is 11.9 Å². The number of carboxylic acids is 2. The highest BCUT2D eigenvalue weighted by molar-refractivity contribution is 6.06. The van der Waals surface area contributed by atoms with Gasteiger partial charge in [0.25, 0.3) is 11.5 Å². The molecule has 6 rings (SSSR count). The van der Waals surface area contributed by atoms with Gasteiger partial charge in [0.1, 0.15) is 17.9 Å². The Morgan fingerprint density at radius 2 is 1.73 bits per heavy atom. The van der Waals surface area contributed by atoms with Crippen LogP contribution in [0.25, 0.3) is 21.7 Å². The van der Waals surface area contributed by atoms with Crippen LogP contribution < -0.4 is 16.2 Å². The second-order valence-electron chi connectivity index (χ2n) is 11.9. The molecule has 1 aliphatic rings. The maximum absolute atomic E-state index is 13.5. The number of fused-ring (bicyclic) bond motifs is 4. The second kappa shape index (κ2) is 13.4. The molecule has 1 aromatic heterocycles. The number of hydrogen-bond acceptors (Lipinski definition) is 7. The molecule has 0 aliphatic carbocycles. The summed E-state index contributed by atoms with van der Waals surface area (Å²) in [6, 6.07) is 21.2. The quantitative estimate of drug-likeness (QED) is 0.125. The van der Waals surface area contributed by atoms with Gasteiger partial charge in [0.2, 0.25) is 5.91 Å². The molecule has 0 fully saturated rings. The minimum absolute atomic E-state index is 0.0251. The Balaban J connectivity index is 1.19. The van der Waals surface area contributed by atoms with Crippen molar-refractivity contribution in [2.24, 2.45) is 0 Å². The molecular weight excluding hydrogens is 614 g/mol. The number of amides is 2. The molecule has 12 heteroatoms. The summed E-state index contributed by atoms with van der Waals surface area (Å²) in [5.41, 5.74) is 3.79. The number of H-pyrrole nitrogens is 1. The fourth-order valence-electron chi connectivity index (χ4n) is 6.15. The predicted molar refractivity (Wildman–Crippen MR) is 179 cm³/mol. The number of aromatic nitrogens is 2. The van der Waals surface area contributed by atoms with Gasteiger partial charge in [0.15, 0.2) is 0 Å². The van der Waals surface area contributed by atoms with Crippen molar-refractivity contribution in [2.75, 3.05) is 5.32 Å². The van der Waals surface area contributed by atoms with E-state index in [0.29, 0.717) is 40.0 Å². The van der Waals surface area contributed by atoms with Crippen LogP contribution in [0.4, 0.5) is 5.69 Å². The van der Waals surface area contributed by atoms with Gasteiger partial charge in [-0.15, -0.1) is 0 Å². The van der Waals surface area contributed by atoms with Gasteiger partial charge in [-0.05, 0) is 71.1 Å². The number of aromatic amines is 1. The average Bonchev–Trinajstić information content (AvgIpc) is 3.38. The molecule has 5 aromatic rings. The molecule has 48 heavy (non-hydrogen) atoms. The molecule has 4 aromatic carbocycles. The maximum atomic E-state index is 13.5. The Bertz CT molecular complexity index is 2130. The lowest BCUT2D eigenvalue weighted by Crippen LogP contribution is -2.52. The van der Waals surface area contributed by atoms with Crippen LogP contribution in [-0.4, -0.2) is 60.9 Å². The summed E-state index contributed by atoms with van der Waals surface area (Å²) in [6.07, 6.45) is -0.542. The van der Waals surface area contributed by atoms with E-state index in [1.54, 1.807) is 49.4 Å². The van der Waals surface area contributed by atoms with Crippen LogP contribution in [0.2, 0.25) is 0 Å². The van der Waals surface area contributed by atoms with Crippen molar-refractivity contribution in [1.29, 1.82) is 0 Å². The molecule has 244 valence electrons. The molecule has 2 amide bonds. The number of hydrogen-bond donors (Lipinski definition) is 5. The van der Waals surface area contributed by atoms with Crippen LogP contribution in [0.5, 0.6) is 0 Å². The fraction of sp³-hybridized carbons (Fsp3) is 0.222. The molecule has 0 unspecified atom stereocenters. The van der Waals surface area contributed by atoms with Crippen molar-refractivity contribution >= 4 is 51.1 Å². The zero-order chi connectivity index (χ0) is 33.9. The normalized spacial score (nSPS) is 13.7. The van der Waals surface area contributed by atoms with Crippen LogP contribution in [0.1, 0.15) is 45.7 Å². The van der Waals surface area contributed by atoms with Gasteiger partial charge in [-0.1, -0.05) is 48.5 Å². The first kappa shape index (κ1) is 31.9. The van der Waals surface area contributed by atoms with Gasteiger partial charge in [-0.25, -0.2) is 9.78 Å². The maximum Gasteiger partial charge on any atom is 0.326 e. The standard InChI is InChI=1S/C36H33N5O7/c1-20-38-28-12-9-23-8-7-22(15-27(23)32(28)34(45)39-20)18-37-25-10-11-26-24(17-25)19-41(35(26)46)30(13-14-31(42)43)33(44)40-29(36(47)48)16-21-5-3-2-4-6-21/h2-12,15,17,29-30,37H,13-14,16,18-19H2,1H3,(H,40,44)(H,42,43)(H,47,48)(H,38,39,45)/t29-,30-/m0/s1. The summed E-state index contributed by atoms with van der Waals surface area (Å²) in [5, 5.41) is 27.3. The first-order chi connectivity index (χ1) is 23.1. The molecule has 2 heterocycles. The monoisotopic (exact) mass is 647 g/mol. The van der Waals surface area contributed by atoms with E-state index in [4.69, 9.17) is 0 Å². The van der Waals surface area contributed by atoms with Gasteiger partial charge < -0.3 is 30.7 Å². The summed E-state index contributed by atoms with van der Waals surface area (Å²) in [6.45, 7) is 2.21. The van der Waals surface area contributed by atoms with Crippen LogP contribution in [0.3, 0.4) is 0 Å². The lowest BCUT2D eigenvalue weighted by atomic mass is 10.0. The molecule has 0 saturated carbocycles. The minimum atomic E-state index is -1.27. The third kappa shape index (κ3) is 6.73. The molecule has 0 spiro atoms. The lowest BCUT2D eigenvalue weighted by molar-refractivity contribution is -0.143. The topological polar surface area (TPSA) is 182 Å². The first-order valence-corrected chi connectivity index (χ1v) is 15.5. The van der Waals surface area contributed by atoms with Crippen molar-refractivity contribution in [2.45, 2.75) is 51.4 Å². The second-order valence-corrected chi connectivity index (χ2v) is 11.9. The van der Waals surface area contributed by atoms with E-state index in [9.17, 15) is 34.2 Å². The van der Waals surface area contributed by atoms with E-state index in [2.05, 4.69) is 20.6 Å². The summed E-state index contributed by atoms with van der Waals surface area (Å²) in [7, 11) is 0. The van der Waals surface area contributed by atoms with Crippen molar-refractivity contribution in [3.05, 3.63) is 117 Å². The van der Waals surface area contributed by atoms with Crippen molar-refractivity contribution in [1.82, 2.24) is 20.2 Å². The van der Waals surface area contributed by atoms with Crippen LogP contribution >= 0.6 is 0 Å². The van der Waals surface area contributed by atoms with Crippen LogP contribution in [-0.2, 0) is 33.9 Å². The largest absolute Gasteiger partial charge is 0.481 e. The molecular formula is C36H33N5O7. The number of anilines is 1. The number of aryl methyl sites for hydroxylation is 1. The number of aliphatic carboxylic acids is 2. The number of nitrogens with zero attached hydrogens (tertiary/aromatic N) is 2. The van der Waals surface area contributed by atoms with Gasteiger partial charge in [-0.3, -0.25) is 19.2 Å². The van der Waals surface area contributed by atoms with Gasteiger partial charge in [0, 0.05) is 37.2 Å².